The largest absolute Gasteiger partial charge is 0.342 e. The van der Waals surface area contributed by atoms with Crippen molar-refractivity contribution in [2.45, 2.75) is 32.1 Å². The molecule has 4 heterocycles. The summed E-state index contributed by atoms with van der Waals surface area (Å²) in [4.78, 5) is 33.2. The van der Waals surface area contributed by atoms with Crippen LogP contribution in [0.5, 0.6) is 0 Å². The zero-order valence-electron chi connectivity index (χ0n) is 16.4. The second-order valence-corrected chi connectivity index (χ2v) is 8.09. The van der Waals surface area contributed by atoms with Crippen molar-refractivity contribution < 1.29 is 9.59 Å². The van der Waals surface area contributed by atoms with Crippen LogP contribution in [0.4, 0.5) is 0 Å². The van der Waals surface area contributed by atoms with Crippen molar-refractivity contribution in [1.29, 1.82) is 0 Å². The van der Waals surface area contributed by atoms with E-state index in [1.165, 1.54) is 0 Å². The third-order valence-electron chi connectivity index (χ3n) is 6.19. The lowest BCUT2D eigenvalue weighted by Crippen LogP contribution is -2.52. The molecular formula is C21H27N5O2. The average molecular weight is 381 g/mol. The predicted octanol–water partition coefficient (Wildman–Crippen LogP) is 1.90. The number of hydrogen-bond acceptors (Lipinski definition) is 4. The number of hydrogen-bond donors (Lipinski definition) is 0. The standard InChI is InChI=1S/C21H27N5O2/c1-24-11-6-18(23-24)20(28)25-13-8-21(9-14-25)7-4-19(27)26(16-21)12-5-17-3-2-10-22-15-17/h2-3,6,10-11,15H,4-5,7-9,12-14,16H2,1H3. The Morgan fingerprint density at radius 1 is 1.21 bits per heavy atom. The minimum Gasteiger partial charge on any atom is -0.342 e. The van der Waals surface area contributed by atoms with Crippen molar-refractivity contribution in [3.05, 3.63) is 48.0 Å². The van der Waals surface area contributed by atoms with Crippen LogP contribution < -0.4 is 0 Å². The van der Waals surface area contributed by atoms with Gasteiger partial charge in [0.05, 0.1) is 0 Å². The summed E-state index contributed by atoms with van der Waals surface area (Å²) in [5.74, 6) is 0.261. The van der Waals surface area contributed by atoms with E-state index in [0.717, 1.165) is 57.4 Å². The number of aryl methyl sites for hydroxylation is 1. The Kier molecular flexibility index (Phi) is 5.15. The average Bonchev–Trinajstić information content (AvgIpc) is 3.16. The minimum absolute atomic E-state index is 0.00997. The number of likely N-dealkylation sites (tertiary alicyclic amines) is 2. The van der Waals surface area contributed by atoms with E-state index in [1.54, 1.807) is 23.1 Å². The Hall–Kier alpha value is -2.70. The number of piperidine rings is 2. The predicted molar refractivity (Wildman–Crippen MR) is 105 cm³/mol. The van der Waals surface area contributed by atoms with E-state index in [1.807, 2.05) is 29.1 Å². The van der Waals surface area contributed by atoms with Crippen molar-refractivity contribution in [2.24, 2.45) is 12.5 Å². The van der Waals surface area contributed by atoms with E-state index < -0.39 is 0 Å². The molecule has 0 unspecified atom stereocenters. The van der Waals surface area contributed by atoms with Crippen LogP contribution in [0.25, 0.3) is 0 Å². The first-order valence-electron chi connectivity index (χ1n) is 10.0. The number of carbonyl (C=O) groups is 2. The Morgan fingerprint density at radius 3 is 2.71 bits per heavy atom. The van der Waals surface area contributed by atoms with Gasteiger partial charge in [-0.05, 0) is 48.8 Å². The van der Waals surface area contributed by atoms with Gasteiger partial charge in [-0.15, -0.1) is 0 Å². The molecule has 28 heavy (non-hydrogen) atoms. The highest BCUT2D eigenvalue weighted by atomic mass is 16.2. The molecule has 0 aliphatic carbocycles. The highest BCUT2D eigenvalue weighted by molar-refractivity contribution is 5.92. The van der Waals surface area contributed by atoms with Gasteiger partial charge in [0.2, 0.25) is 5.91 Å². The molecule has 2 fully saturated rings. The van der Waals surface area contributed by atoms with Gasteiger partial charge < -0.3 is 9.80 Å². The highest BCUT2D eigenvalue weighted by Crippen LogP contribution is 2.40. The SMILES string of the molecule is Cn1ccc(C(=O)N2CCC3(CCC(=O)N(CCc4cccnc4)C3)CC2)n1. The summed E-state index contributed by atoms with van der Waals surface area (Å²) < 4.78 is 1.66. The third-order valence-corrected chi connectivity index (χ3v) is 6.19. The van der Waals surface area contributed by atoms with Crippen molar-refractivity contribution in [3.8, 4) is 0 Å². The van der Waals surface area contributed by atoms with Crippen LogP contribution in [0.1, 0.15) is 41.7 Å². The molecule has 1 spiro atoms. The van der Waals surface area contributed by atoms with E-state index >= 15 is 0 Å². The van der Waals surface area contributed by atoms with E-state index in [4.69, 9.17) is 0 Å². The summed E-state index contributed by atoms with van der Waals surface area (Å²) >= 11 is 0. The summed E-state index contributed by atoms with van der Waals surface area (Å²) in [6.07, 6.45) is 9.70. The lowest BCUT2D eigenvalue weighted by molar-refractivity contribution is -0.138. The number of pyridine rings is 1. The first-order chi connectivity index (χ1) is 13.5. The van der Waals surface area contributed by atoms with Gasteiger partial charge in [-0.25, -0.2) is 0 Å². The number of aromatic nitrogens is 3. The van der Waals surface area contributed by atoms with E-state index in [0.29, 0.717) is 12.1 Å². The molecule has 2 aromatic rings. The zero-order chi connectivity index (χ0) is 19.6. The Bertz CT molecular complexity index is 839. The Balaban J connectivity index is 1.35. The molecule has 2 saturated heterocycles. The van der Waals surface area contributed by atoms with Crippen LogP contribution in [0.3, 0.4) is 0 Å². The van der Waals surface area contributed by atoms with Crippen molar-refractivity contribution >= 4 is 11.8 Å². The summed E-state index contributed by atoms with van der Waals surface area (Å²) in [5, 5.41) is 4.23. The first kappa shape index (κ1) is 18.7. The number of rotatable bonds is 4. The molecular weight excluding hydrogens is 354 g/mol. The molecule has 0 bridgehead atoms. The lowest BCUT2D eigenvalue weighted by Gasteiger charge is -2.47. The minimum atomic E-state index is 0.00997. The smallest absolute Gasteiger partial charge is 0.274 e. The van der Waals surface area contributed by atoms with Crippen molar-refractivity contribution in [3.63, 3.8) is 0 Å². The monoisotopic (exact) mass is 381 g/mol. The maximum atomic E-state index is 12.6. The lowest BCUT2D eigenvalue weighted by atomic mass is 9.72. The number of amides is 2. The number of nitrogens with zero attached hydrogens (tertiary/aromatic N) is 5. The molecule has 148 valence electrons. The summed E-state index contributed by atoms with van der Waals surface area (Å²) in [6, 6.07) is 5.76. The van der Waals surface area contributed by atoms with E-state index in [9.17, 15) is 9.59 Å². The quantitative estimate of drug-likeness (QED) is 0.811. The third kappa shape index (κ3) is 3.93. The molecule has 0 aromatic carbocycles. The fourth-order valence-electron chi connectivity index (χ4n) is 4.40. The second-order valence-electron chi connectivity index (χ2n) is 8.09. The van der Waals surface area contributed by atoms with Gasteiger partial charge in [0.15, 0.2) is 0 Å². The summed E-state index contributed by atoms with van der Waals surface area (Å²) in [5.41, 5.74) is 1.81. The second kappa shape index (κ2) is 7.73. The van der Waals surface area contributed by atoms with E-state index in [2.05, 4.69) is 16.1 Å². The van der Waals surface area contributed by atoms with Gasteiger partial charge >= 0.3 is 0 Å². The van der Waals surface area contributed by atoms with Gasteiger partial charge in [0.25, 0.3) is 5.91 Å². The molecule has 2 aliphatic rings. The van der Waals surface area contributed by atoms with Crippen LogP contribution in [0, 0.1) is 5.41 Å². The van der Waals surface area contributed by atoms with Crippen molar-refractivity contribution in [1.82, 2.24) is 24.6 Å². The van der Waals surface area contributed by atoms with Crippen LogP contribution in [0.2, 0.25) is 0 Å². The fourth-order valence-corrected chi connectivity index (χ4v) is 4.40. The van der Waals surface area contributed by atoms with Crippen molar-refractivity contribution in [2.75, 3.05) is 26.2 Å². The molecule has 0 atom stereocenters. The molecule has 0 radical (unpaired) electrons. The molecule has 4 rings (SSSR count). The first-order valence-corrected chi connectivity index (χ1v) is 10.0. The van der Waals surface area contributed by atoms with Gasteiger partial charge in [-0.3, -0.25) is 19.3 Å². The maximum absolute atomic E-state index is 12.6. The zero-order valence-corrected chi connectivity index (χ0v) is 16.4. The van der Waals surface area contributed by atoms with Crippen LogP contribution >= 0.6 is 0 Å². The summed E-state index contributed by atoms with van der Waals surface area (Å²) in [7, 11) is 1.82. The number of carbonyl (C=O) groups excluding carboxylic acids is 2. The topological polar surface area (TPSA) is 71.3 Å². The molecule has 2 amide bonds. The highest BCUT2D eigenvalue weighted by Gasteiger charge is 2.41. The Morgan fingerprint density at radius 2 is 2.04 bits per heavy atom. The van der Waals surface area contributed by atoms with Gasteiger partial charge in [0.1, 0.15) is 5.69 Å². The molecule has 2 aromatic heterocycles. The van der Waals surface area contributed by atoms with Gasteiger partial charge in [0, 0.05) is 58.2 Å². The molecule has 0 saturated carbocycles. The molecule has 0 N–H and O–H groups in total. The van der Waals surface area contributed by atoms with Crippen LogP contribution in [-0.4, -0.2) is 62.6 Å². The van der Waals surface area contributed by atoms with Gasteiger partial charge in [-0.2, -0.15) is 5.10 Å². The molecule has 2 aliphatic heterocycles. The maximum Gasteiger partial charge on any atom is 0.274 e. The van der Waals surface area contributed by atoms with Gasteiger partial charge in [-0.1, -0.05) is 6.07 Å². The fraction of sp³-hybridized carbons (Fsp3) is 0.524. The van der Waals surface area contributed by atoms with Crippen LogP contribution in [-0.2, 0) is 18.3 Å². The summed E-state index contributed by atoms with van der Waals surface area (Å²) in [6.45, 7) is 3.01. The Labute approximate surface area is 165 Å². The molecule has 7 heteroatoms. The molecule has 7 nitrogen and oxygen atoms in total. The van der Waals surface area contributed by atoms with E-state index in [-0.39, 0.29) is 17.2 Å². The normalized spacial score (nSPS) is 19.2. The van der Waals surface area contributed by atoms with Crippen LogP contribution in [0.15, 0.2) is 36.8 Å².